The van der Waals surface area contributed by atoms with Gasteiger partial charge in [-0.2, -0.15) is 0 Å². The summed E-state index contributed by atoms with van der Waals surface area (Å²) in [6.07, 6.45) is 4.51. The number of hydrogen-bond donors (Lipinski definition) is 1. The number of halogens is 1. The van der Waals surface area contributed by atoms with Gasteiger partial charge >= 0.3 is 0 Å². The summed E-state index contributed by atoms with van der Waals surface area (Å²) in [5.41, 5.74) is 2.16. The molecule has 0 aliphatic carbocycles. The van der Waals surface area contributed by atoms with E-state index < -0.39 is 0 Å². The molecule has 1 aromatic heterocycles. The first-order valence-electron chi connectivity index (χ1n) is 13.2. The Kier molecular flexibility index (Phi) is 10.5. The van der Waals surface area contributed by atoms with Crippen LogP contribution in [0.25, 0.3) is 0 Å². The van der Waals surface area contributed by atoms with Crippen molar-refractivity contribution in [3.63, 3.8) is 0 Å². The second-order valence-corrected chi connectivity index (χ2v) is 10.5. The van der Waals surface area contributed by atoms with Crippen LogP contribution in [0.15, 0.2) is 47.8 Å². The van der Waals surface area contributed by atoms with Crippen molar-refractivity contribution in [3.8, 4) is 11.5 Å². The van der Waals surface area contributed by atoms with Gasteiger partial charge in [-0.15, -0.1) is 11.3 Å². The number of rotatable bonds is 13. The van der Waals surface area contributed by atoms with Crippen molar-refractivity contribution in [2.75, 3.05) is 46.9 Å². The van der Waals surface area contributed by atoms with E-state index in [0.29, 0.717) is 48.9 Å². The van der Waals surface area contributed by atoms with Crippen molar-refractivity contribution in [2.24, 2.45) is 0 Å². The molecule has 1 aliphatic rings. The molecule has 1 saturated heterocycles. The van der Waals surface area contributed by atoms with Crippen LogP contribution in [0.3, 0.4) is 0 Å². The zero-order chi connectivity index (χ0) is 26.7. The highest BCUT2D eigenvalue weighted by atomic mass is 32.1. The molecule has 9 heteroatoms. The first-order valence-corrected chi connectivity index (χ1v) is 14.1. The number of likely N-dealkylation sites (tertiary alicyclic amines) is 1. The molecule has 0 unspecified atom stereocenters. The second-order valence-electron chi connectivity index (χ2n) is 9.53. The molecule has 2 aromatic carbocycles. The van der Waals surface area contributed by atoms with E-state index in [1.165, 1.54) is 36.7 Å². The molecule has 1 amide bonds. The Morgan fingerprint density at radius 1 is 1.08 bits per heavy atom. The molecule has 4 rings (SSSR count). The number of piperidine rings is 1. The highest BCUT2D eigenvalue weighted by Crippen LogP contribution is 2.28. The lowest BCUT2D eigenvalue weighted by Crippen LogP contribution is -2.37. The van der Waals surface area contributed by atoms with Crippen molar-refractivity contribution in [3.05, 3.63) is 75.5 Å². The van der Waals surface area contributed by atoms with Crippen LogP contribution in [0.2, 0.25) is 0 Å². The predicted octanol–water partition coefficient (Wildman–Crippen LogP) is 4.76. The summed E-state index contributed by atoms with van der Waals surface area (Å²) in [7, 11) is 3.24. The predicted molar refractivity (Wildman–Crippen MR) is 149 cm³/mol. The third kappa shape index (κ3) is 7.99. The Morgan fingerprint density at radius 3 is 2.63 bits per heavy atom. The van der Waals surface area contributed by atoms with E-state index in [1.54, 1.807) is 25.7 Å². The minimum Gasteiger partial charge on any atom is -0.493 e. The van der Waals surface area contributed by atoms with Gasteiger partial charge in [0.05, 0.1) is 20.8 Å². The van der Waals surface area contributed by atoms with E-state index in [4.69, 9.17) is 9.47 Å². The topological polar surface area (TPSA) is 66.9 Å². The number of carbonyl (C=O) groups excluding carboxylic acids is 1. The molecule has 7 nitrogen and oxygen atoms in total. The number of hydrogen-bond acceptors (Lipinski definition) is 7. The van der Waals surface area contributed by atoms with Crippen LogP contribution in [-0.2, 0) is 19.5 Å². The number of nitrogens with one attached hydrogen (secondary N) is 1. The highest BCUT2D eigenvalue weighted by molar-refractivity contribution is 7.09. The Hall–Kier alpha value is -3.01. The molecule has 0 bridgehead atoms. The molecule has 1 fully saturated rings. The SMILES string of the molecule is COc1ccc(CCN(Cc2nc(C(=O)NCCN3CCCCC3)cs2)Cc2ccccc2F)cc1OC. The van der Waals surface area contributed by atoms with Crippen molar-refractivity contribution in [1.29, 1.82) is 0 Å². The lowest BCUT2D eigenvalue weighted by molar-refractivity contribution is 0.0942. The van der Waals surface area contributed by atoms with Crippen LogP contribution in [0.1, 0.15) is 45.9 Å². The second kappa shape index (κ2) is 14.2. The number of aromatic nitrogens is 1. The fourth-order valence-electron chi connectivity index (χ4n) is 4.69. The quantitative estimate of drug-likeness (QED) is 0.337. The summed E-state index contributed by atoms with van der Waals surface area (Å²) >= 11 is 1.46. The Balaban J connectivity index is 1.38. The summed E-state index contributed by atoms with van der Waals surface area (Å²) in [5, 5.41) is 5.64. The van der Waals surface area contributed by atoms with E-state index in [-0.39, 0.29) is 11.7 Å². The zero-order valence-corrected chi connectivity index (χ0v) is 23.1. The molecular formula is C29H37FN4O3S. The number of amides is 1. The molecule has 3 aromatic rings. The maximum atomic E-state index is 14.5. The summed E-state index contributed by atoms with van der Waals surface area (Å²) < 4.78 is 25.3. The maximum absolute atomic E-state index is 14.5. The molecule has 38 heavy (non-hydrogen) atoms. The van der Waals surface area contributed by atoms with Crippen LogP contribution in [0.4, 0.5) is 4.39 Å². The standard InChI is InChI=1S/C29H37FN4O3S/c1-36-26-11-10-22(18-27(26)37-2)12-16-34(19-23-8-4-5-9-24(23)30)20-28-32-25(21-38-28)29(35)31-13-17-33-14-6-3-7-15-33/h4-5,8-11,18,21H,3,6-7,12-17,19-20H2,1-2H3,(H,31,35). The minimum atomic E-state index is -0.225. The normalized spacial score (nSPS) is 14.0. The lowest BCUT2D eigenvalue weighted by atomic mass is 10.1. The van der Waals surface area contributed by atoms with Gasteiger partial charge in [-0.25, -0.2) is 9.37 Å². The van der Waals surface area contributed by atoms with Crippen LogP contribution >= 0.6 is 11.3 Å². The largest absolute Gasteiger partial charge is 0.493 e. The molecule has 0 saturated carbocycles. The molecule has 1 N–H and O–H groups in total. The number of benzene rings is 2. The minimum absolute atomic E-state index is 0.143. The van der Waals surface area contributed by atoms with Gasteiger partial charge in [-0.3, -0.25) is 9.69 Å². The number of nitrogens with zero attached hydrogens (tertiary/aromatic N) is 3. The number of thiazole rings is 1. The van der Waals surface area contributed by atoms with Crippen LogP contribution in [0.5, 0.6) is 11.5 Å². The summed E-state index contributed by atoms with van der Waals surface area (Å²) in [6, 6.07) is 12.7. The molecule has 0 radical (unpaired) electrons. The van der Waals surface area contributed by atoms with E-state index in [0.717, 1.165) is 36.6 Å². The van der Waals surface area contributed by atoms with Gasteiger partial charge in [0.25, 0.3) is 5.91 Å². The van der Waals surface area contributed by atoms with Gasteiger partial charge in [0, 0.05) is 37.1 Å². The number of ether oxygens (including phenoxy) is 2. The monoisotopic (exact) mass is 540 g/mol. The van der Waals surface area contributed by atoms with Gasteiger partial charge in [0.2, 0.25) is 0 Å². The van der Waals surface area contributed by atoms with Crippen LogP contribution < -0.4 is 14.8 Å². The molecule has 0 atom stereocenters. The van der Waals surface area contributed by atoms with Crippen LogP contribution in [0, 0.1) is 5.82 Å². The molecule has 1 aliphatic heterocycles. The summed E-state index contributed by atoms with van der Waals surface area (Å²) in [5.74, 6) is 0.998. The molecule has 0 spiro atoms. The van der Waals surface area contributed by atoms with E-state index >= 15 is 0 Å². The van der Waals surface area contributed by atoms with E-state index in [9.17, 15) is 9.18 Å². The Bertz CT molecular complexity index is 1180. The summed E-state index contributed by atoms with van der Waals surface area (Å²) in [6.45, 7) is 5.35. The fourth-order valence-corrected chi connectivity index (χ4v) is 5.50. The smallest absolute Gasteiger partial charge is 0.270 e. The Labute approximate surface area is 228 Å². The maximum Gasteiger partial charge on any atom is 0.270 e. The van der Waals surface area contributed by atoms with Gasteiger partial charge in [0.15, 0.2) is 11.5 Å². The van der Waals surface area contributed by atoms with Gasteiger partial charge in [-0.05, 0) is 56.1 Å². The first-order chi connectivity index (χ1) is 18.6. The van der Waals surface area contributed by atoms with Gasteiger partial charge in [-0.1, -0.05) is 30.7 Å². The van der Waals surface area contributed by atoms with Crippen LogP contribution in [-0.4, -0.2) is 67.6 Å². The number of methoxy groups -OCH3 is 2. The molecular weight excluding hydrogens is 503 g/mol. The van der Waals surface area contributed by atoms with E-state index in [1.807, 2.05) is 30.3 Å². The van der Waals surface area contributed by atoms with Crippen molar-refractivity contribution < 1.29 is 18.7 Å². The average Bonchev–Trinajstić information content (AvgIpc) is 3.42. The van der Waals surface area contributed by atoms with Crippen molar-refractivity contribution >= 4 is 17.2 Å². The third-order valence-electron chi connectivity index (χ3n) is 6.82. The van der Waals surface area contributed by atoms with Crippen molar-refractivity contribution in [1.82, 2.24) is 20.1 Å². The number of carbonyl (C=O) groups is 1. The average molecular weight is 541 g/mol. The van der Waals surface area contributed by atoms with Crippen molar-refractivity contribution in [2.45, 2.75) is 38.8 Å². The summed E-state index contributed by atoms with van der Waals surface area (Å²) in [4.78, 5) is 21.8. The van der Waals surface area contributed by atoms with E-state index in [2.05, 4.69) is 20.1 Å². The fraction of sp³-hybridized carbons (Fsp3) is 0.448. The molecule has 2 heterocycles. The molecule has 204 valence electrons. The Morgan fingerprint density at radius 2 is 1.87 bits per heavy atom. The lowest BCUT2D eigenvalue weighted by Gasteiger charge is -2.26. The first kappa shape index (κ1) is 28.0. The third-order valence-corrected chi connectivity index (χ3v) is 7.66. The van der Waals surface area contributed by atoms with Gasteiger partial charge < -0.3 is 19.7 Å². The zero-order valence-electron chi connectivity index (χ0n) is 22.2. The van der Waals surface area contributed by atoms with Gasteiger partial charge in [0.1, 0.15) is 16.5 Å². The highest BCUT2D eigenvalue weighted by Gasteiger charge is 2.16.